The van der Waals surface area contributed by atoms with Gasteiger partial charge in [0.25, 0.3) is 31.6 Å². The van der Waals surface area contributed by atoms with Gasteiger partial charge in [0.05, 0.1) is 31.8 Å². The first kappa shape index (κ1) is 23.7. The van der Waals surface area contributed by atoms with E-state index in [2.05, 4.69) is 0 Å². The molecule has 0 saturated heterocycles. The monoisotopic (exact) mass is 486 g/mol. The van der Waals surface area contributed by atoms with Crippen LogP contribution in [0.3, 0.4) is 0 Å². The molecule has 2 aromatic carbocycles. The minimum Gasteiger partial charge on any atom is -0.263 e. The molecule has 3 rings (SSSR count). The first-order valence-corrected chi connectivity index (χ1v) is 12.1. The Hall–Kier alpha value is -2.94. The molecule has 0 N–H and O–H groups in total. The van der Waals surface area contributed by atoms with Gasteiger partial charge in [-0.2, -0.15) is 16.8 Å². The predicted octanol–water partition coefficient (Wildman–Crippen LogP) is 2.93. The number of non-ortho nitro benzene ring substituents is 2. The van der Waals surface area contributed by atoms with Crippen molar-refractivity contribution < 1.29 is 35.0 Å². The van der Waals surface area contributed by atoms with Crippen molar-refractivity contribution in [1.82, 2.24) is 0 Å². The third-order valence-electron chi connectivity index (χ3n) is 4.78. The topological polar surface area (TPSA) is 173 Å². The molecule has 12 nitrogen and oxygen atoms in total. The number of nitro groups is 2. The second kappa shape index (κ2) is 9.28. The Bertz CT molecular complexity index is 1110. The number of hydrogen-bond donors (Lipinski definition) is 0. The van der Waals surface area contributed by atoms with E-state index in [1.165, 1.54) is 0 Å². The average Bonchev–Trinajstić information content (AvgIpc) is 2.73. The maximum atomic E-state index is 12.5. The summed E-state index contributed by atoms with van der Waals surface area (Å²) in [5, 5.41) is 21.4. The third kappa shape index (κ3) is 5.64. The molecule has 1 aliphatic rings. The Morgan fingerprint density at radius 3 is 1.34 bits per heavy atom. The smallest absolute Gasteiger partial charge is 0.263 e. The summed E-state index contributed by atoms with van der Waals surface area (Å²) in [6, 6.07) is 8.40. The Labute approximate surface area is 183 Å². The van der Waals surface area contributed by atoms with Crippen molar-refractivity contribution in [3.63, 3.8) is 0 Å². The van der Waals surface area contributed by atoms with E-state index in [-0.39, 0.29) is 27.6 Å². The van der Waals surface area contributed by atoms with Crippen LogP contribution < -0.4 is 0 Å². The maximum Gasteiger partial charge on any atom is 0.297 e. The molecule has 32 heavy (non-hydrogen) atoms. The Kier molecular flexibility index (Phi) is 6.88. The minimum atomic E-state index is -4.23. The highest BCUT2D eigenvalue weighted by atomic mass is 32.2. The van der Waals surface area contributed by atoms with E-state index in [0.717, 1.165) is 48.5 Å². The number of rotatable bonds is 8. The summed E-state index contributed by atoms with van der Waals surface area (Å²) in [7, 11) is -8.45. The third-order valence-corrected chi connectivity index (χ3v) is 7.53. The van der Waals surface area contributed by atoms with Crippen LogP contribution in [0.15, 0.2) is 58.3 Å². The molecule has 0 aliphatic heterocycles. The van der Waals surface area contributed by atoms with E-state index in [4.69, 9.17) is 8.37 Å². The van der Waals surface area contributed by atoms with E-state index in [0.29, 0.717) is 19.3 Å². The summed E-state index contributed by atoms with van der Waals surface area (Å²) in [6.07, 6.45) is -0.561. The largest absolute Gasteiger partial charge is 0.297 e. The highest BCUT2D eigenvalue weighted by Gasteiger charge is 2.32. The van der Waals surface area contributed by atoms with Crippen molar-refractivity contribution in [2.45, 2.75) is 47.7 Å². The molecular formula is C18H18N2O10S2. The molecular weight excluding hydrogens is 468 g/mol. The molecule has 0 bridgehead atoms. The molecule has 1 aliphatic carbocycles. The summed E-state index contributed by atoms with van der Waals surface area (Å²) in [5.74, 6) is 0. The molecule has 172 valence electrons. The lowest BCUT2D eigenvalue weighted by Crippen LogP contribution is -2.31. The Balaban J connectivity index is 1.66. The lowest BCUT2D eigenvalue weighted by Gasteiger charge is -2.28. The van der Waals surface area contributed by atoms with Crippen molar-refractivity contribution in [3.8, 4) is 0 Å². The van der Waals surface area contributed by atoms with Crippen molar-refractivity contribution >= 4 is 31.6 Å². The quantitative estimate of drug-likeness (QED) is 0.306. The van der Waals surface area contributed by atoms with Gasteiger partial charge in [-0.3, -0.25) is 28.6 Å². The molecule has 0 spiro atoms. The van der Waals surface area contributed by atoms with Crippen LogP contribution in [-0.4, -0.2) is 38.9 Å². The number of benzene rings is 2. The normalized spacial score (nSPS) is 19.4. The summed E-state index contributed by atoms with van der Waals surface area (Å²) < 4.78 is 60.3. The second-order valence-electron chi connectivity index (χ2n) is 7.01. The summed E-state index contributed by atoms with van der Waals surface area (Å²) in [5.41, 5.74) is -0.543. The average molecular weight is 486 g/mol. The molecule has 1 fully saturated rings. The number of nitrogens with zero attached hydrogens (tertiary/aromatic N) is 2. The van der Waals surface area contributed by atoms with Crippen LogP contribution in [-0.2, 0) is 28.6 Å². The van der Waals surface area contributed by atoms with Crippen LogP contribution in [0.1, 0.15) is 25.7 Å². The van der Waals surface area contributed by atoms with Crippen LogP contribution in [0.2, 0.25) is 0 Å². The predicted molar refractivity (Wildman–Crippen MR) is 109 cm³/mol. The van der Waals surface area contributed by atoms with Crippen LogP contribution in [0, 0.1) is 20.2 Å². The van der Waals surface area contributed by atoms with Gasteiger partial charge < -0.3 is 0 Å². The highest BCUT2D eigenvalue weighted by molar-refractivity contribution is 7.87. The summed E-state index contributed by atoms with van der Waals surface area (Å²) >= 11 is 0. The molecule has 0 aromatic heterocycles. The SMILES string of the molecule is O=[N+]([O-])c1ccc(S(=O)(=O)OC2CCCC(OS(=O)(=O)c3ccc([N+](=O)[O-])cc3)C2)cc1. The minimum absolute atomic E-state index is 0.0155. The molecule has 0 radical (unpaired) electrons. The molecule has 0 amide bonds. The fourth-order valence-corrected chi connectivity index (χ4v) is 5.44. The van der Waals surface area contributed by atoms with Gasteiger partial charge in [0.15, 0.2) is 0 Å². The molecule has 2 atom stereocenters. The van der Waals surface area contributed by atoms with E-state index in [1.54, 1.807) is 0 Å². The fraction of sp³-hybridized carbons (Fsp3) is 0.333. The van der Waals surface area contributed by atoms with Gasteiger partial charge in [0.2, 0.25) is 0 Å². The summed E-state index contributed by atoms with van der Waals surface area (Å²) in [4.78, 5) is 19.6. The van der Waals surface area contributed by atoms with Crippen LogP contribution >= 0.6 is 0 Å². The van der Waals surface area contributed by atoms with Gasteiger partial charge in [-0.15, -0.1) is 0 Å². The molecule has 2 unspecified atom stereocenters. The van der Waals surface area contributed by atoms with Crippen molar-refractivity contribution in [1.29, 1.82) is 0 Å². The van der Waals surface area contributed by atoms with Gasteiger partial charge in [0.1, 0.15) is 0 Å². The fourth-order valence-electron chi connectivity index (χ4n) is 3.22. The molecule has 14 heteroatoms. The molecule has 1 saturated carbocycles. The standard InChI is InChI=1S/C18H18N2O10S2/c21-19(22)13-4-8-17(9-5-13)31(25,26)29-15-2-1-3-16(12-15)30-32(27,28)18-10-6-14(7-11-18)20(23)24/h4-11,15-16H,1-3,12H2. The Morgan fingerprint density at radius 1 is 0.688 bits per heavy atom. The summed E-state index contributed by atoms with van der Waals surface area (Å²) in [6.45, 7) is 0. The molecule has 2 aromatic rings. The van der Waals surface area contributed by atoms with E-state index < -0.39 is 42.3 Å². The van der Waals surface area contributed by atoms with Gasteiger partial charge in [0, 0.05) is 30.7 Å². The zero-order valence-electron chi connectivity index (χ0n) is 16.4. The van der Waals surface area contributed by atoms with Gasteiger partial charge in [-0.1, -0.05) is 0 Å². The van der Waals surface area contributed by atoms with Crippen LogP contribution in [0.5, 0.6) is 0 Å². The van der Waals surface area contributed by atoms with Crippen molar-refractivity contribution in [3.05, 3.63) is 68.8 Å². The lowest BCUT2D eigenvalue weighted by molar-refractivity contribution is -0.385. The zero-order valence-corrected chi connectivity index (χ0v) is 18.0. The van der Waals surface area contributed by atoms with Crippen LogP contribution in [0.4, 0.5) is 11.4 Å². The van der Waals surface area contributed by atoms with Crippen molar-refractivity contribution in [2.24, 2.45) is 0 Å². The van der Waals surface area contributed by atoms with E-state index >= 15 is 0 Å². The highest BCUT2D eigenvalue weighted by Crippen LogP contribution is 2.30. The molecule has 0 heterocycles. The number of nitro benzene ring substituents is 2. The number of hydrogen-bond acceptors (Lipinski definition) is 10. The first-order chi connectivity index (χ1) is 15.0. The van der Waals surface area contributed by atoms with Gasteiger partial charge >= 0.3 is 0 Å². The van der Waals surface area contributed by atoms with Gasteiger partial charge in [-0.25, -0.2) is 0 Å². The Morgan fingerprint density at radius 2 is 1.03 bits per heavy atom. The van der Waals surface area contributed by atoms with E-state index in [1.807, 2.05) is 0 Å². The zero-order chi connectivity index (χ0) is 23.5. The maximum absolute atomic E-state index is 12.5. The van der Waals surface area contributed by atoms with Crippen LogP contribution in [0.25, 0.3) is 0 Å². The first-order valence-electron chi connectivity index (χ1n) is 9.33. The lowest BCUT2D eigenvalue weighted by atomic mass is 9.95. The van der Waals surface area contributed by atoms with E-state index in [9.17, 15) is 37.1 Å². The second-order valence-corrected chi connectivity index (χ2v) is 10.2. The van der Waals surface area contributed by atoms with Gasteiger partial charge in [-0.05, 0) is 43.5 Å². The van der Waals surface area contributed by atoms with Crippen molar-refractivity contribution in [2.75, 3.05) is 0 Å².